The van der Waals surface area contributed by atoms with Gasteiger partial charge in [-0.1, -0.05) is 24.3 Å². The van der Waals surface area contributed by atoms with Crippen molar-refractivity contribution in [3.63, 3.8) is 0 Å². The van der Waals surface area contributed by atoms with Crippen LogP contribution < -0.4 is 20.4 Å². The smallest absolute Gasteiger partial charge is 0.310 e. The van der Waals surface area contributed by atoms with Crippen LogP contribution in [0.3, 0.4) is 0 Å². The summed E-state index contributed by atoms with van der Waals surface area (Å²) in [6, 6.07) is 14.8. The van der Waals surface area contributed by atoms with Crippen LogP contribution in [-0.4, -0.2) is 54.7 Å². The number of Topliss-reactive ketones (excluding diaryl/α,β-unsaturated/α-hetero) is 1. The molecule has 1 saturated heterocycles. The summed E-state index contributed by atoms with van der Waals surface area (Å²) in [4.78, 5) is 37.3. The van der Waals surface area contributed by atoms with Crippen molar-refractivity contribution < 1.29 is 23.8 Å². The fourth-order valence-corrected chi connectivity index (χ4v) is 5.19. The number of piperazine rings is 1. The molecular formula is C32H34FN3O5. The van der Waals surface area contributed by atoms with Crippen LogP contribution in [0.4, 0.5) is 10.1 Å². The predicted octanol–water partition coefficient (Wildman–Crippen LogP) is 5.12. The lowest BCUT2D eigenvalue weighted by Gasteiger charge is -2.30. The first-order chi connectivity index (χ1) is 19.7. The Hall–Kier alpha value is -4.24. The Morgan fingerprint density at radius 1 is 1.05 bits per heavy atom. The number of hydrogen-bond donors (Lipinski definition) is 2. The van der Waals surface area contributed by atoms with Gasteiger partial charge in [0.05, 0.1) is 29.8 Å². The molecule has 2 fully saturated rings. The van der Waals surface area contributed by atoms with E-state index in [0.717, 1.165) is 66.6 Å². The molecular weight excluding hydrogens is 525 g/mol. The van der Waals surface area contributed by atoms with Crippen LogP contribution in [0, 0.1) is 5.82 Å². The highest BCUT2D eigenvalue weighted by atomic mass is 19.1. The molecule has 8 nitrogen and oxygen atoms in total. The summed E-state index contributed by atoms with van der Waals surface area (Å²) in [5, 5.41) is 14.6. The minimum atomic E-state index is -0.808. The van der Waals surface area contributed by atoms with Gasteiger partial charge in [0.15, 0.2) is 11.2 Å². The molecule has 2 N–H and O–H groups in total. The number of carboxylic acid groups (broad SMARTS) is 1. The van der Waals surface area contributed by atoms with Crippen molar-refractivity contribution >= 4 is 39.1 Å². The molecule has 1 unspecified atom stereocenters. The molecule has 0 amide bonds. The number of methoxy groups -OCH3 is 1. The van der Waals surface area contributed by atoms with Gasteiger partial charge in [-0.15, -0.1) is 0 Å². The average molecular weight is 560 g/mol. The molecule has 2 aliphatic rings. The summed E-state index contributed by atoms with van der Waals surface area (Å²) >= 11 is 0. The zero-order chi connectivity index (χ0) is 29.3. The van der Waals surface area contributed by atoms with E-state index in [0.29, 0.717) is 17.1 Å². The lowest BCUT2D eigenvalue weighted by atomic mass is 9.98. The van der Waals surface area contributed by atoms with Crippen molar-refractivity contribution in [1.82, 2.24) is 9.88 Å². The van der Waals surface area contributed by atoms with Crippen LogP contribution in [0.25, 0.3) is 21.7 Å². The molecule has 0 bridgehead atoms. The van der Waals surface area contributed by atoms with E-state index in [2.05, 4.69) is 5.32 Å². The second-order valence-electron chi connectivity index (χ2n) is 10.7. The van der Waals surface area contributed by atoms with Gasteiger partial charge < -0.3 is 24.6 Å². The number of anilines is 1. The number of aromatic nitrogens is 1. The van der Waals surface area contributed by atoms with Gasteiger partial charge in [-0.2, -0.15) is 0 Å². The first-order valence-electron chi connectivity index (χ1n) is 13.8. The third-order valence-corrected chi connectivity index (χ3v) is 7.82. The third-order valence-electron chi connectivity index (χ3n) is 7.82. The molecule has 1 atom stereocenters. The molecule has 214 valence electrons. The molecule has 2 heterocycles. The van der Waals surface area contributed by atoms with Crippen molar-refractivity contribution in [2.24, 2.45) is 0 Å². The highest BCUT2D eigenvalue weighted by molar-refractivity contribution is 5.97. The number of ether oxygens (including phenoxy) is 1. The Kier molecular flexibility index (Phi) is 8.08. The number of nitrogens with one attached hydrogen (secondary N) is 1. The van der Waals surface area contributed by atoms with Crippen LogP contribution in [-0.2, 0) is 4.79 Å². The maximum Gasteiger partial charge on any atom is 0.310 e. The largest absolute Gasteiger partial charge is 0.497 e. The van der Waals surface area contributed by atoms with E-state index in [1.54, 1.807) is 26.3 Å². The van der Waals surface area contributed by atoms with Crippen molar-refractivity contribution in [3.8, 4) is 5.75 Å². The number of pyridine rings is 1. The maximum absolute atomic E-state index is 14.7. The number of ketones is 1. The van der Waals surface area contributed by atoms with Crippen LogP contribution >= 0.6 is 0 Å². The van der Waals surface area contributed by atoms with E-state index in [1.807, 2.05) is 45.9 Å². The number of carboxylic acids is 1. The van der Waals surface area contributed by atoms with E-state index in [4.69, 9.17) is 9.84 Å². The van der Waals surface area contributed by atoms with Gasteiger partial charge >= 0.3 is 5.97 Å². The maximum atomic E-state index is 14.7. The van der Waals surface area contributed by atoms with Crippen molar-refractivity contribution in [3.05, 3.63) is 81.9 Å². The number of hydrogen-bond acceptors (Lipinski definition) is 6. The Balaban J connectivity index is 0.000000175. The number of carbonyl (C=O) groups excluding carboxylic acids is 1. The zero-order valence-corrected chi connectivity index (χ0v) is 23.4. The first-order valence-corrected chi connectivity index (χ1v) is 13.8. The van der Waals surface area contributed by atoms with Crippen LogP contribution in [0.15, 0.2) is 59.5 Å². The number of carbonyl (C=O) groups is 2. The number of benzene rings is 3. The van der Waals surface area contributed by atoms with Gasteiger partial charge in [-0.25, -0.2) is 4.39 Å². The fraction of sp³-hybridized carbons (Fsp3) is 0.344. The Morgan fingerprint density at radius 3 is 2.37 bits per heavy atom. The molecule has 1 aliphatic carbocycles. The summed E-state index contributed by atoms with van der Waals surface area (Å²) in [6.45, 7) is 6.17. The van der Waals surface area contributed by atoms with Gasteiger partial charge in [0, 0.05) is 43.8 Å². The highest BCUT2D eigenvalue weighted by Crippen LogP contribution is 2.38. The van der Waals surface area contributed by atoms with E-state index in [9.17, 15) is 18.8 Å². The SMILES string of the molecule is CC(=O)c1cn(C2CC2)c2cc(N3CCNCC3)c(F)cc2c1=O.COc1ccc2cc(C(C)C(=O)O)ccc2c1. The predicted molar refractivity (Wildman–Crippen MR) is 158 cm³/mol. The van der Waals surface area contributed by atoms with E-state index in [-0.39, 0.29) is 16.8 Å². The first kappa shape index (κ1) is 28.3. The number of halogens is 1. The van der Waals surface area contributed by atoms with Crippen molar-refractivity contribution in [2.75, 3.05) is 38.2 Å². The van der Waals surface area contributed by atoms with E-state index >= 15 is 0 Å². The summed E-state index contributed by atoms with van der Waals surface area (Å²) in [7, 11) is 1.63. The normalized spacial score (nSPS) is 15.8. The van der Waals surface area contributed by atoms with Gasteiger partial charge in [0.1, 0.15) is 11.6 Å². The fourth-order valence-electron chi connectivity index (χ4n) is 5.19. The molecule has 41 heavy (non-hydrogen) atoms. The number of rotatable bonds is 6. The third kappa shape index (κ3) is 5.95. The molecule has 0 radical (unpaired) electrons. The zero-order valence-electron chi connectivity index (χ0n) is 23.4. The van der Waals surface area contributed by atoms with Gasteiger partial charge in [0.25, 0.3) is 0 Å². The lowest BCUT2D eigenvalue weighted by molar-refractivity contribution is -0.138. The van der Waals surface area contributed by atoms with E-state index < -0.39 is 17.7 Å². The minimum Gasteiger partial charge on any atom is -0.497 e. The summed E-state index contributed by atoms with van der Waals surface area (Å²) in [6.07, 6.45) is 3.70. The van der Waals surface area contributed by atoms with Crippen molar-refractivity contribution in [2.45, 2.75) is 38.6 Å². The van der Waals surface area contributed by atoms with Gasteiger partial charge in [-0.05, 0) is 67.3 Å². The van der Waals surface area contributed by atoms with Crippen molar-refractivity contribution in [1.29, 1.82) is 0 Å². The Labute approximate surface area is 237 Å². The molecule has 1 saturated carbocycles. The van der Waals surface area contributed by atoms with Crippen LogP contribution in [0.1, 0.15) is 54.6 Å². The Bertz CT molecular complexity index is 1690. The molecule has 1 aromatic heterocycles. The second kappa shape index (κ2) is 11.7. The highest BCUT2D eigenvalue weighted by Gasteiger charge is 2.27. The van der Waals surface area contributed by atoms with Gasteiger partial charge in [-0.3, -0.25) is 14.4 Å². The molecule has 9 heteroatoms. The molecule has 3 aromatic carbocycles. The summed E-state index contributed by atoms with van der Waals surface area (Å²) < 4.78 is 21.8. The van der Waals surface area contributed by atoms with Crippen LogP contribution in [0.2, 0.25) is 0 Å². The van der Waals surface area contributed by atoms with Crippen LogP contribution in [0.5, 0.6) is 5.75 Å². The molecule has 1 aliphatic heterocycles. The number of nitrogens with zero attached hydrogens (tertiary/aromatic N) is 2. The van der Waals surface area contributed by atoms with E-state index in [1.165, 1.54) is 13.0 Å². The number of aliphatic carboxylic acids is 1. The molecule has 6 rings (SSSR count). The second-order valence-corrected chi connectivity index (χ2v) is 10.7. The quantitative estimate of drug-likeness (QED) is 0.316. The monoisotopic (exact) mass is 559 g/mol. The summed E-state index contributed by atoms with van der Waals surface area (Å²) in [5.41, 5.74) is 1.84. The standard InChI is InChI=1S/C18H20FN3O2.C14H14O3/c1-11(23)14-10-22(12-2-3-12)16-9-17(21-6-4-20-5-7-21)15(19)8-13(16)18(14)24;1-9(14(15)16)10-3-4-12-8-13(17-2)6-5-11(12)7-10/h8-10,12,20H,2-7H2,1H3;3-9H,1-2H3,(H,15,16). The number of fused-ring (bicyclic) bond motifs is 2. The molecule has 4 aromatic rings. The summed E-state index contributed by atoms with van der Waals surface area (Å²) in [5.74, 6) is -1.16. The van der Waals surface area contributed by atoms with Gasteiger partial charge in [0.2, 0.25) is 0 Å². The topological polar surface area (TPSA) is 101 Å². The minimum absolute atomic E-state index is 0.142. The Morgan fingerprint density at radius 2 is 1.73 bits per heavy atom. The lowest BCUT2D eigenvalue weighted by Crippen LogP contribution is -2.43. The molecule has 0 spiro atoms. The average Bonchev–Trinajstić information content (AvgIpc) is 3.82.